The second-order valence-corrected chi connectivity index (χ2v) is 9.11. The lowest BCUT2D eigenvalue weighted by Gasteiger charge is -2.57. The van der Waals surface area contributed by atoms with E-state index in [0.29, 0.717) is 17.8 Å². The third-order valence-electron chi connectivity index (χ3n) is 8.39. The van der Waals surface area contributed by atoms with Gasteiger partial charge in [-0.3, -0.25) is 4.99 Å². The highest BCUT2D eigenvalue weighted by molar-refractivity contribution is 6.04. The molecule has 3 heteroatoms. The lowest BCUT2D eigenvalue weighted by molar-refractivity contribution is -0.0597. The lowest BCUT2D eigenvalue weighted by atomic mass is 9.46. The Morgan fingerprint density at radius 3 is 2.70 bits per heavy atom. The fourth-order valence-corrected chi connectivity index (χ4v) is 7.13. The van der Waals surface area contributed by atoms with E-state index in [0.717, 1.165) is 38.6 Å². The Morgan fingerprint density at radius 2 is 1.91 bits per heavy atom. The molecule has 1 aliphatic heterocycles. The summed E-state index contributed by atoms with van der Waals surface area (Å²) in [5.74, 6) is 2.10. The average Bonchev–Trinajstić information content (AvgIpc) is 3.34. The zero-order valence-corrected chi connectivity index (χ0v) is 14.2. The predicted octanol–water partition coefficient (Wildman–Crippen LogP) is 3.11. The van der Waals surface area contributed by atoms with Gasteiger partial charge in [0.05, 0.1) is 18.8 Å². The van der Waals surface area contributed by atoms with E-state index >= 15 is 0 Å². The van der Waals surface area contributed by atoms with Crippen LogP contribution in [0.4, 0.5) is 0 Å². The highest BCUT2D eigenvalue weighted by Crippen LogP contribution is 2.65. The Morgan fingerprint density at radius 1 is 1.09 bits per heavy atom. The molecule has 0 aromatic heterocycles. The number of aliphatic imine (C=N–C) groups is 1. The molecule has 0 saturated heterocycles. The molecule has 3 saturated carbocycles. The van der Waals surface area contributed by atoms with E-state index in [1.54, 1.807) is 0 Å². The zero-order valence-electron chi connectivity index (χ0n) is 14.2. The van der Waals surface area contributed by atoms with E-state index < -0.39 is 0 Å². The summed E-state index contributed by atoms with van der Waals surface area (Å²) in [6, 6.07) is 0. The first-order valence-electron chi connectivity index (χ1n) is 9.65. The van der Waals surface area contributed by atoms with Gasteiger partial charge in [-0.05, 0) is 74.5 Å². The molecule has 2 N–H and O–H groups in total. The van der Waals surface area contributed by atoms with Crippen LogP contribution in [0.25, 0.3) is 0 Å². The van der Waals surface area contributed by atoms with E-state index in [9.17, 15) is 10.2 Å². The molecule has 126 valence electrons. The van der Waals surface area contributed by atoms with Crippen LogP contribution in [0.5, 0.6) is 0 Å². The van der Waals surface area contributed by atoms with Gasteiger partial charge < -0.3 is 10.2 Å². The van der Waals surface area contributed by atoms with Gasteiger partial charge in [0.25, 0.3) is 0 Å². The van der Waals surface area contributed by atoms with Gasteiger partial charge in [-0.15, -0.1) is 0 Å². The van der Waals surface area contributed by atoms with Crippen LogP contribution in [0.3, 0.4) is 0 Å². The van der Waals surface area contributed by atoms with Gasteiger partial charge in [-0.25, -0.2) is 0 Å². The largest absolute Gasteiger partial charge is 0.393 e. The summed E-state index contributed by atoms with van der Waals surface area (Å²) in [6.07, 6.45) is 10.9. The monoisotopic (exact) mass is 315 g/mol. The van der Waals surface area contributed by atoms with Crippen molar-refractivity contribution in [2.45, 2.75) is 70.5 Å². The van der Waals surface area contributed by atoms with Crippen molar-refractivity contribution in [3.05, 3.63) is 11.6 Å². The minimum absolute atomic E-state index is 0.0961. The predicted molar refractivity (Wildman–Crippen MR) is 90.3 cm³/mol. The Balaban J connectivity index is 1.56. The van der Waals surface area contributed by atoms with Crippen molar-refractivity contribution >= 4 is 5.71 Å². The minimum Gasteiger partial charge on any atom is -0.393 e. The zero-order chi connectivity index (χ0) is 15.8. The Bertz CT molecular complexity index is 596. The second kappa shape index (κ2) is 4.70. The number of nitrogens with zero attached hydrogens (tertiary/aromatic N) is 1. The van der Waals surface area contributed by atoms with Crippen molar-refractivity contribution in [2.24, 2.45) is 33.6 Å². The molecule has 0 amide bonds. The van der Waals surface area contributed by atoms with E-state index in [2.05, 4.69) is 18.0 Å². The summed E-state index contributed by atoms with van der Waals surface area (Å²) in [6.45, 7) is 3.30. The molecule has 23 heavy (non-hydrogen) atoms. The van der Waals surface area contributed by atoms with Crippen LogP contribution in [-0.2, 0) is 0 Å². The van der Waals surface area contributed by atoms with Crippen LogP contribution in [0.2, 0.25) is 0 Å². The molecule has 0 bridgehead atoms. The van der Waals surface area contributed by atoms with Crippen molar-refractivity contribution < 1.29 is 10.2 Å². The molecule has 3 nitrogen and oxygen atoms in total. The second-order valence-electron chi connectivity index (χ2n) is 9.11. The standard InChI is InChI=1S/C20H29NO2/c1-19-8-7-16-14(15(19)4-5-18(19)23)3-2-12-10-13(22)6-9-20(12,16)17-11-21-17/h2,13-16,18,22-23H,3-11H2,1H3/t13-,14-,15-,16-,18-,19-,20+/m0/s1. The molecule has 0 radical (unpaired) electrons. The van der Waals surface area contributed by atoms with Crippen LogP contribution in [-0.4, -0.2) is 34.7 Å². The van der Waals surface area contributed by atoms with Gasteiger partial charge >= 0.3 is 0 Å². The Kier molecular flexibility index (Phi) is 2.99. The van der Waals surface area contributed by atoms with Crippen LogP contribution >= 0.6 is 0 Å². The average molecular weight is 315 g/mol. The lowest BCUT2D eigenvalue weighted by Crippen LogP contribution is -2.53. The fourth-order valence-electron chi connectivity index (χ4n) is 7.13. The summed E-state index contributed by atoms with van der Waals surface area (Å²) in [7, 11) is 0. The maximum Gasteiger partial charge on any atom is 0.0777 e. The number of rotatable bonds is 1. The van der Waals surface area contributed by atoms with Gasteiger partial charge in [0, 0.05) is 11.1 Å². The SMILES string of the molecule is C[C@]12CC[C@H]3[C@@H](CC=C4C[C@@H](O)CC[C@@]43C3=NC3)[C@@H]1CC[C@@H]2O. The van der Waals surface area contributed by atoms with E-state index in [1.807, 2.05) is 0 Å². The Labute approximate surface area is 138 Å². The molecule has 7 atom stereocenters. The maximum absolute atomic E-state index is 10.6. The molecule has 5 rings (SSSR count). The number of aliphatic hydroxyl groups excluding tert-OH is 2. The first-order valence-corrected chi connectivity index (χ1v) is 9.65. The molecule has 0 aromatic carbocycles. The minimum atomic E-state index is -0.146. The van der Waals surface area contributed by atoms with Crippen LogP contribution < -0.4 is 0 Å². The molecular formula is C20H29NO2. The topological polar surface area (TPSA) is 52.8 Å². The summed E-state index contributed by atoms with van der Waals surface area (Å²) < 4.78 is 0. The number of hydrogen-bond acceptors (Lipinski definition) is 3. The number of aliphatic hydroxyl groups is 2. The summed E-state index contributed by atoms with van der Waals surface area (Å²) in [4.78, 5) is 4.68. The van der Waals surface area contributed by atoms with Crippen molar-refractivity contribution in [3.8, 4) is 0 Å². The number of hydrogen-bond donors (Lipinski definition) is 2. The van der Waals surface area contributed by atoms with Crippen molar-refractivity contribution in [1.29, 1.82) is 0 Å². The van der Waals surface area contributed by atoms with Crippen LogP contribution in [0.1, 0.15) is 58.3 Å². The van der Waals surface area contributed by atoms with Gasteiger partial charge in [-0.2, -0.15) is 0 Å². The molecule has 4 aliphatic carbocycles. The number of allylic oxidation sites excluding steroid dienone is 1. The summed E-state index contributed by atoms with van der Waals surface area (Å²) in [5.41, 5.74) is 3.29. The summed E-state index contributed by atoms with van der Waals surface area (Å²) >= 11 is 0. The van der Waals surface area contributed by atoms with E-state index in [4.69, 9.17) is 0 Å². The third kappa shape index (κ3) is 1.81. The van der Waals surface area contributed by atoms with Gasteiger partial charge in [-0.1, -0.05) is 18.6 Å². The van der Waals surface area contributed by atoms with Crippen LogP contribution in [0.15, 0.2) is 16.6 Å². The van der Waals surface area contributed by atoms with Crippen LogP contribution in [0, 0.1) is 28.6 Å². The Hall–Kier alpha value is -0.670. The fraction of sp³-hybridized carbons (Fsp3) is 0.850. The highest BCUT2D eigenvalue weighted by Gasteiger charge is 2.61. The molecule has 0 unspecified atom stereocenters. The highest BCUT2D eigenvalue weighted by atomic mass is 16.3. The first-order chi connectivity index (χ1) is 11.1. The normalized spacial score (nSPS) is 54.5. The number of fused-ring (bicyclic) bond motifs is 5. The van der Waals surface area contributed by atoms with E-state index in [1.165, 1.54) is 30.5 Å². The van der Waals surface area contributed by atoms with Crippen molar-refractivity contribution in [2.75, 3.05) is 6.54 Å². The summed E-state index contributed by atoms with van der Waals surface area (Å²) in [5, 5.41) is 20.7. The molecule has 3 fully saturated rings. The molecule has 0 aromatic rings. The molecular weight excluding hydrogens is 286 g/mol. The van der Waals surface area contributed by atoms with Crippen molar-refractivity contribution in [3.63, 3.8) is 0 Å². The first kappa shape index (κ1) is 14.7. The van der Waals surface area contributed by atoms with Gasteiger partial charge in [0.1, 0.15) is 0 Å². The van der Waals surface area contributed by atoms with Crippen molar-refractivity contribution in [1.82, 2.24) is 0 Å². The van der Waals surface area contributed by atoms with Gasteiger partial charge in [0.2, 0.25) is 0 Å². The van der Waals surface area contributed by atoms with Gasteiger partial charge in [0.15, 0.2) is 0 Å². The maximum atomic E-state index is 10.6. The molecule has 1 heterocycles. The third-order valence-corrected chi connectivity index (χ3v) is 8.39. The quantitative estimate of drug-likeness (QED) is 0.731. The smallest absolute Gasteiger partial charge is 0.0777 e. The van der Waals surface area contributed by atoms with E-state index in [-0.39, 0.29) is 23.0 Å². The molecule has 5 aliphatic rings. The molecule has 0 spiro atoms.